The standard InChI is InChI=1S/C17H23BrN2O/c1-3-9-19-11-15-8-10-21-17(15)13-20(2)12-14-4-6-16(18)7-5-14/h4-8,10,19H,3,9,11-13H2,1-2H3. The lowest BCUT2D eigenvalue weighted by Gasteiger charge is -2.16. The van der Waals surface area contributed by atoms with Crippen molar-refractivity contribution in [2.75, 3.05) is 13.6 Å². The summed E-state index contributed by atoms with van der Waals surface area (Å²) in [5, 5.41) is 3.42. The summed E-state index contributed by atoms with van der Waals surface area (Å²) in [4.78, 5) is 2.27. The zero-order valence-electron chi connectivity index (χ0n) is 12.7. The molecule has 1 heterocycles. The maximum absolute atomic E-state index is 5.63. The van der Waals surface area contributed by atoms with E-state index in [0.29, 0.717) is 0 Å². The van der Waals surface area contributed by atoms with Gasteiger partial charge >= 0.3 is 0 Å². The zero-order chi connectivity index (χ0) is 15.1. The van der Waals surface area contributed by atoms with Crippen molar-refractivity contribution >= 4 is 15.9 Å². The highest BCUT2D eigenvalue weighted by Gasteiger charge is 2.09. The molecule has 1 aromatic carbocycles. The summed E-state index contributed by atoms with van der Waals surface area (Å²) in [6.45, 7) is 5.84. The number of furan rings is 1. The van der Waals surface area contributed by atoms with Crippen molar-refractivity contribution in [2.24, 2.45) is 0 Å². The number of hydrogen-bond acceptors (Lipinski definition) is 3. The fourth-order valence-electron chi connectivity index (χ4n) is 2.27. The lowest BCUT2D eigenvalue weighted by atomic mass is 10.2. The Morgan fingerprint density at radius 3 is 2.62 bits per heavy atom. The molecule has 4 heteroatoms. The van der Waals surface area contributed by atoms with Crippen molar-refractivity contribution in [3.8, 4) is 0 Å². The van der Waals surface area contributed by atoms with E-state index in [-0.39, 0.29) is 0 Å². The third kappa shape index (κ3) is 5.30. The van der Waals surface area contributed by atoms with Crippen LogP contribution in [0, 0.1) is 0 Å². The van der Waals surface area contributed by atoms with Gasteiger partial charge in [-0.2, -0.15) is 0 Å². The summed E-state index contributed by atoms with van der Waals surface area (Å²) in [7, 11) is 2.12. The topological polar surface area (TPSA) is 28.4 Å². The molecule has 0 saturated carbocycles. The van der Waals surface area contributed by atoms with Gasteiger partial charge in [-0.25, -0.2) is 0 Å². The van der Waals surface area contributed by atoms with Crippen LogP contribution < -0.4 is 5.32 Å². The van der Waals surface area contributed by atoms with Gasteiger partial charge in [-0.05, 0) is 43.8 Å². The Morgan fingerprint density at radius 2 is 1.90 bits per heavy atom. The molecule has 0 bridgehead atoms. The molecule has 2 rings (SSSR count). The van der Waals surface area contributed by atoms with Crippen molar-refractivity contribution in [3.05, 3.63) is 58.0 Å². The van der Waals surface area contributed by atoms with Gasteiger partial charge in [-0.3, -0.25) is 4.90 Å². The fraction of sp³-hybridized carbons (Fsp3) is 0.412. The Morgan fingerprint density at radius 1 is 1.14 bits per heavy atom. The third-order valence-corrected chi connectivity index (χ3v) is 3.89. The highest BCUT2D eigenvalue weighted by molar-refractivity contribution is 9.10. The molecule has 0 amide bonds. The van der Waals surface area contributed by atoms with Crippen LogP contribution in [0.3, 0.4) is 0 Å². The number of hydrogen-bond donors (Lipinski definition) is 1. The van der Waals surface area contributed by atoms with Crippen molar-refractivity contribution in [1.82, 2.24) is 10.2 Å². The lowest BCUT2D eigenvalue weighted by molar-refractivity contribution is 0.286. The maximum atomic E-state index is 5.63. The largest absolute Gasteiger partial charge is 0.468 e. The molecule has 21 heavy (non-hydrogen) atoms. The molecule has 3 nitrogen and oxygen atoms in total. The van der Waals surface area contributed by atoms with E-state index >= 15 is 0 Å². The molecule has 0 radical (unpaired) electrons. The molecular formula is C17H23BrN2O. The van der Waals surface area contributed by atoms with Crippen molar-refractivity contribution in [3.63, 3.8) is 0 Å². The van der Waals surface area contributed by atoms with Crippen LogP contribution in [0.1, 0.15) is 30.2 Å². The summed E-state index contributed by atoms with van der Waals surface area (Å²) in [6, 6.07) is 10.5. The molecule has 1 aromatic heterocycles. The minimum atomic E-state index is 0.826. The van der Waals surface area contributed by atoms with Gasteiger partial charge in [0.05, 0.1) is 12.8 Å². The zero-order valence-corrected chi connectivity index (χ0v) is 14.3. The van der Waals surface area contributed by atoms with E-state index < -0.39 is 0 Å². The summed E-state index contributed by atoms with van der Waals surface area (Å²) < 4.78 is 6.75. The average Bonchev–Trinajstić information content (AvgIpc) is 2.89. The summed E-state index contributed by atoms with van der Waals surface area (Å²) >= 11 is 3.46. The highest BCUT2D eigenvalue weighted by Crippen LogP contribution is 2.16. The fourth-order valence-corrected chi connectivity index (χ4v) is 2.53. The summed E-state index contributed by atoms with van der Waals surface area (Å²) in [5.41, 5.74) is 2.56. The number of halogens is 1. The highest BCUT2D eigenvalue weighted by atomic mass is 79.9. The van der Waals surface area contributed by atoms with Gasteiger partial charge in [-0.15, -0.1) is 0 Å². The second kappa shape index (κ2) is 8.37. The van der Waals surface area contributed by atoms with Gasteiger partial charge in [0.2, 0.25) is 0 Å². The first-order valence-electron chi connectivity index (χ1n) is 7.38. The Bertz CT molecular complexity index is 536. The van der Waals surface area contributed by atoms with E-state index in [1.807, 2.05) is 0 Å². The van der Waals surface area contributed by atoms with E-state index in [4.69, 9.17) is 4.42 Å². The molecule has 0 aliphatic rings. The van der Waals surface area contributed by atoms with E-state index in [0.717, 1.165) is 42.8 Å². The first-order chi connectivity index (χ1) is 10.2. The minimum absolute atomic E-state index is 0.826. The first kappa shape index (κ1) is 16.3. The Labute approximate surface area is 135 Å². The van der Waals surface area contributed by atoms with Gasteiger partial charge in [-0.1, -0.05) is 35.0 Å². The van der Waals surface area contributed by atoms with Gasteiger partial charge < -0.3 is 9.73 Å². The number of nitrogens with one attached hydrogen (secondary N) is 1. The number of rotatable bonds is 8. The van der Waals surface area contributed by atoms with Gasteiger partial charge in [0.15, 0.2) is 0 Å². The third-order valence-electron chi connectivity index (χ3n) is 3.36. The van der Waals surface area contributed by atoms with Crippen LogP contribution in [0.25, 0.3) is 0 Å². The van der Waals surface area contributed by atoms with Gasteiger partial charge in [0.25, 0.3) is 0 Å². The normalized spacial score (nSPS) is 11.2. The van der Waals surface area contributed by atoms with Crippen LogP contribution in [-0.2, 0) is 19.6 Å². The molecule has 1 N–H and O–H groups in total. The predicted octanol–water partition coefficient (Wildman–Crippen LogP) is 4.17. The average molecular weight is 351 g/mol. The molecule has 0 aliphatic heterocycles. The smallest absolute Gasteiger partial charge is 0.122 e. The van der Waals surface area contributed by atoms with E-state index in [1.54, 1.807) is 6.26 Å². The second-order valence-corrected chi connectivity index (χ2v) is 6.26. The number of nitrogens with zero attached hydrogens (tertiary/aromatic N) is 1. The molecule has 0 unspecified atom stereocenters. The van der Waals surface area contributed by atoms with Crippen LogP contribution >= 0.6 is 15.9 Å². The Balaban J connectivity index is 1.88. The molecule has 0 saturated heterocycles. The minimum Gasteiger partial charge on any atom is -0.468 e. The Hall–Kier alpha value is -1.10. The monoisotopic (exact) mass is 350 g/mol. The number of benzene rings is 1. The van der Waals surface area contributed by atoms with Crippen molar-refractivity contribution in [1.29, 1.82) is 0 Å². The van der Waals surface area contributed by atoms with Crippen molar-refractivity contribution < 1.29 is 4.42 Å². The Kier molecular flexibility index (Phi) is 6.49. The quantitative estimate of drug-likeness (QED) is 0.724. The first-order valence-corrected chi connectivity index (χ1v) is 8.17. The van der Waals surface area contributed by atoms with Gasteiger partial charge in [0, 0.05) is 23.1 Å². The maximum Gasteiger partial charge on any atom is 0.122 e. The second-order valence-electron chi connectivity index (χ2n) is 5.34. The van der Waals surface area contributed by atoms with Crippen LogP contribution in [-0.4, -0.2) is 18.5 Å². The van der Waals surface area contributed by atoms with Crippen LogP contribution in [0.5, 0.6) is 0 Å². The molecule has 0 aliphatic carbocycles. The summed E-state index contributed by atoms with van der Waals surface area (Å²) in [6.07, 6.45) is 2.93. The van der Waals surface area contributed by atoms with Gasteiger partial charge in [0.1, 0.15) is 5.76 Å². The van der Waals surface area contributed by atoms with E-state index in [2.05, 4.69) is 70.4 Å². The van der Waals surface area contributed by atoms with Crippen LogP contribution in [0.4, 0.5) is 0 Å². The lowest BCUT2D eigenvalue weighted by Crippen LogP contribution is -2.19. The molecular weight excluding hydrogens is 328 g/mol. The van der Waals surface area contributed by atoms with Crippen LogP contribution in [0.15, 0.2) is 45.5 Å². The van der Waals surface area contributed by atoms with E-state index in [1.165, 1.54) is 11.1 Å². The molecule has 114 valence electrons. The van der Waals surface area contributed by atoms with Crippen LogP contribution in [0.2, 0.25) is 0 Å². The molecule has 0 spiro atoms. The summed E-state index contributed by atoms with van der Waals surface area (Å²) in [5.74, 6) is 1.05. The molecule has 2 aromatic rings. The molecule has 0 fully saturated rings. The van der Waals surface area contributed by atoms with Crippen molar-refractivity contribution in [2.45, 2.75) is 33.0 Å². The molecule has 0 atom stereocenters. The van der Waals surface area contributed by atoms with E-state index in [9.17, 15) is 0 Å². The SMILES string of the molecule is CCCNCc1ccoc1CN(C)Cc1ccc(Br)cc1. The predicted molar refractivity (Wildman–Crippen MR) is 90.0 cm³/mol.